The fourth-order valence-electron chi connectivity index (χ4n) is 3.78. The van der Waals surface area contributed by atoms with Crippen LogP contribution in [-0.2, 0) is 4.79 Å². The number of nitrogens with one attached hydrogen (secondary N) is 1. The molecule has 2 amide bonds. The van der Waals surface area contributed by atoms with Crippen molar-refractivity contribution in [3.05, 3.63) is 65.2 Å². The molecule has 0 unspecified atom stereocenters. The summed E-state index contributed by atoms with van der Waals surface area (Å²) in [6.07, 6.45) is 0.729. The Balaban J connectivity index is 1.69. The van der Waals surface area contributed by atoms with Crippen LogP contribution in [0, 0.1) is 28.9 Å². The molecule has 32 heavy (non-hydrogen) atoms. The first kappa shape index (κ1) is 23.2. The Morgan fingerprint density at radius 2 is 1.66 bits per heavy atom. The molecule has 1 saturated heterocycles. The number of halogens is 2. The Bertz CT molecular complexity index is 997. The SMILES string of the molecule is CC(C)[C@H](NC(=O)c1c(F)cccc1F)C(=O)N1CCCN(c2ccc(C#N)cc2)CC1. The molecular formula is C24H26F2N4O2. The van der Waals surface area contributed by atoms with Gasteiger partial charge in [0.2, 0.25) is 5.91 Å². The molecule has 0 bridgehead atoms. The lowest BCUT2D eigenvalue weighted by Crippen LogP contribution is -2.52. The zero-order chi connectivity index (χ0) is 23.3. The molecule has 1 atom stereocenters. The van der Waals surface area contributed by atoms with E-state index in [0.29, 0.717) is 25.2 Å². The van der Waals surface area contributed by atoms with Crippen molar-refractivity contribution in [2.24, 2.45) is 5.92 Å². The highest BCUT2D eigenvalue weighted by molar-refractivity contribution is 5.98. The second-order valence-corrected chi connectivity index (χ2v) is 8.12. The summed E-state index contributed by atoms with van der Waals surface area (Å²) in [5.41, 5.74) is 0.873. The average molecular weight is 440 g/mol. The molecule has 1 aliphatic rings. The number of amides is 2. The lowest BCUT2D eigenvalue weighted by Gasteiger charge is -2.29. The van der Waals surface area contributed by atoms with Crippen molar-refractivity contribution in [3.63, 3.8) is 0 Å². The van der Waals surface area contributed by atoms with E-state index < -0.39 is 29.1 Å². The van der Waals surface area contributed by atoms with E-state index in [0.717, 1.165) is 30.8 Å². The minimum Gasteiger partial charge on any atom is -0.370 e. The lowest BCUT2D eigenvalue weighted by molar-refractivity contribution is -0.134. The number of rotatable bonds is 5. The molecule has 168 valence electrons. The number of anilines is 1. The van der Waals surface area contributed by atoms with Crippen LogP contribution < -0.4 is 10.2 Å². The molecule has 2 aromatic rings. The fraction of sp³-hybridized carbons (Fsp3) is 0.375. The summed E-state index contributed by atoms with van der Waals surface area (Å²) < 4.78 is 28.0. The van der Waals surface area contributed by atoms with Crippen LogP contribution in [-0.4, -0.2) is 48.9 Å². The van der Waals surface area contributed by atoms with Crippen LogP contribution in [0.5, 0.6) is 0 Å². The van der Waals surface area contributed by atoms with Crippen LogP contribution in [0.2, 0.25) is 0 Å². The van der Waals surface area contributed by atoms with Crippen molar-refractivity contribution in [1.82, 2.24) is 10.2 Å². The Labute approximate surface area is 186 Å². The first-order valence-corrected chi connectivity index (χ1v) is 10.6. The van der Waals surface area contributed by atoms with E-state index in [-0.39, 0.29) is 11.8 Å². The van der Waals surface area contributed by atoms with Gasteiger partial charge >= 0.3 is 0 Å². The van der Waals surface area contributed by atoms with E-state index in [1.807, 2.05) is 12.1 Å². The maximum absolute atomic E-state index is 14.0. The van der Waals surface area contributed by atoms with Crippen LogP contribution in [0.1, 0.15) is 36.2 Å². The minimum absolute atomic E-state index is 0.265. The monoisotopic (exact) mass is 440 g/mol. The molecule has 0 radical (unpaired) electrons. The fourth-order valence-corrected chi connectivity index (χ4v) is 3.78. The zero-order valence-corrected chi connectivity index (χ0v) is 18.1. The van der Waals surface area contributed by atoms with Crippen molar-refractivity contribution in [2.75, 3.05) is 31.1 Å². The summed E-state index contributed by atoms with van der Waals surface area (Å²) in [4.78, 5) is 29.6. The molecule has 0 saturated carbocycles. The first-order valence-electron chi connectivity index (χ1n) is 10.6. The molecule has 3 rings (SSSR count). The highest BCUT2D eigenvalue weighted by Gasteiger charge is 2.31. The number of carbonyl (C=O) groups excluding carboxylic acids is 2. The smallest absolute Gasteiger partial charge is 0.257 e. The molecule has 0 spiro atoms. The largest absolute Gasteiger partial charge is 0.370 e. The predicted octanol–water partition coefficient (Wildman–Crippen LogP) is 3.33. The summed E-state index contributed by atoms with van der Waals surface area (Å²) in [6.45, 7) is 5.86. The Hall–Kier alpha value is -3.47. The van der Waals surface area contributed by atoms with Gasteiger partial charge in [0, 0.05) is 31.9 Å². The molecular weight excluding hydrogens is 414 g/mol. The van der Waals surface area contributed by atoms with Crippen molar-refractivity contribution >= 4 is 17.5 Å². The number of nitrogens with zero attached hydrogens (tertiary/aromatic N) is 3. The van der Waals surface area contributed by atoms with Crippen LogP contribution in [0.3, 0.4) is 0 Å². The maximum Gasteiger partial charge on any atom is 0.257 e. The summed E-state index contributed by atoms with van der Waals surface area (Å²) >= 11 is 0. The molecule has 6 nitrogen and oxygen atoms in total. The highest BCUT2D eigenvalue weighted by atomic mass is 19.1. The van der Waals surface area contributed by atoms with Crippen LogP contribution in [0.4, 0.5) is 14.5 Å². The maximum atomic E-state index is 14.0. The standard InChI is InChI=1S/C24H26F2N4O2/c1-16(2)22(28-23(31)21-19(25)5-3-6-20(21)26)24(32)30-12-4-11-29(13-14-30)18-9-7-17(15-27)8-10-18/h3,5-10,16,22H,4,11-14H2,1-2H3,(H,28,31)/t22-/m0/s1. The minimum atomic E-state index is -0.967. The summed E-state index contributed by atoms with van der Waals surface area (Å²) in [5.74, 6) is -3.41. The zero-order valence-electron chi connectivity index (χ0n) is 18.1. The topological polar surface area (TPSA) is 76.4 Å². The van der Waals surface area contributed by atoms with Gasteiger partial charge in [0.15, 0.2) is 0 Å². The number of benzene rings is 2. The number of hydrogen-bond acceptors (Lipinski definition) is 4. The molecule has 1 fully saturated rings. The second kappa shape index (κ2) is 10.2. The van der Waals surface area contributed by atoms with E-state index in [1.54, 1.807) is 30.9 Å². The molecule has 1 aliphatic heterocycles. The van der Waals surface area contributed by atoms with Crippen molar-refractivity contribution in [2.45, 2.75) is 26.3 Å². The van der Waals surface area contributed by atoms with Crippen molar-refractivity contribution in [1.29, 1.82) is 5.26 Å². The Morgan fingerprint density at radius 3 is 2.25 bits per heavy atom. The highest BCUT2D eigenvalue weighted by Crippen LogP contribution is 2.19. The van der Waals surface area contributed by atoms with Gasteiger partial charge in [-0.15, -0.1) is 0 Å². The summed E-state index contributed by atoms with van der Waals surface area (Å²) in [5, 5.41) is 11.5. The number of nitriles is 1. The van der Waals surface area contributed by atoms with Crippen molar-refractivity contribution in [3.8, 4) is 6.07 Å². The summed E-state index contributed by atoms with van der Waals surface area (Å²) in [7, 11) is 0. The van der Waals surface area contributed by atoms with Gasteiger partial charge in [0.1, 0.15) is 23.2 Å². The van der Waals surface area contributed by atoms with Gasteiger partial charge in [-0.3, -0.25) is 9.59 Å². The third-order valence-corrected chi connectivity index (χ3v) is 5.58. The van der Waals surface area contributed by atoms with Gasteiger partial charge in [-0.2, -0.15) is 5.26 Å². The van der Waals surface area contributed by atoms with Gasteiger partial charge in [0.05, 0.1) is 11.6 Å². The molecule has 8 heteroatoms. The van der Waals surface area contributed by atoms with E-state index in [2.05, 4.69) is 16.3 Å². The van der Waals surface area contributed by atoms with Gasteiger partial charge < -0.3 is 15.1 Å². The normalized spacial score (nSPS) is 15.1. The number of carbonyl (C=O) groups is 2. The lowest BCUT2D eigenvalue weighted by atomic mass is 10.0. The van der Waals surface area contributed by atoms with E-state index in [4.69, 9.17) is 5.26 Å². The third-order valence-electron chi connectivity index (χ3n) is 5.58. The molecule has 0 aromatic heterocycles. The molecule has 1 heterocycles. The number of hydrogen-bond donors (Lipinski definition) is 1. The summed E-state index contributed by atoms with van der Waals surface area (Å²) in [6, 6.07) is 11.7. The van der Waals surface area contributed by atoms with Crippen LogP contribution in [0.15, 0.2) is 42.5 Å². The van der Waals surface area contributed by atoms with Crippen LogP contribution in [0.25, 0.3) is 0 Å². The Morgan fingerprint density at radius 1 is 1.00 bits per heavy atom. The van der Waals surface area contributed by atoms with Crippen LogP contribution >= 0.6 is 0 Å². The predicted molar refractivity (Wildman–Crippen MR) is 117 cm³/mol. The quantitative estimate of drug-likeness (QED) is 0.774. The molecule has 2 aromatic carbocycles. The molecule has 0 aliphatic carbocycles. The van der Waals surface area contributed by atoms with Crippen molar-refractivity contribution < 1.29 is 18.4 Å². The Kier molecular flexibility index (Phi) is 7.41. The third kappa shape index (κ3) is 5.22. The first-order chi connectivity index (χ1) is 15.3. The van der Waals surface area contributed by atoms with Gasteiger partial charge in [-0.05, 0) is 48.7 Å². The van der Waals surface area contributed by atoms with Gasteiger partial charge in [-0.1, -0.05) is 19.9 Å². The van der Waals surface area contributed by atoms with Gasteiger partial charge in [-0.25, -0.2) is 8.78 Å². The van der Waals surface area contributed by atoms with E-state index in [1.165, 1.54) is 6.07 Å². The second-order valence-electron chi connectivity index (χ2n) is 8.12. The van der Waals surface area contributed by atoms with Gasteiger partial charge in [0.25, 0.3) is 5.91 Å². The molecule has 1 N–H and O–H groups in total. The van der Waals surface area contributed by atoms with E-state index >= 15 is 0 Å². The van der Waals surface area contributed by atoms with E-state index in [9.17, 15) is 18.4 Å². The average Bonchev–Trinajstić information content (AvgIpc) is 3.03.